The molecule has 0 atom stereocenters. The minimum Gasteiger partial charge on any atom is -0.464 e. The molecule has 0 saturated heterocycles. The lowest BCUT2D eigenvalue weighted by atomic mass is 10.6. The normalized spacial score (nSPS) is 9.75. The number of carbonyl (C=O) groups excluding carboxylic acids is 1. The quantitative estimate of drug-likeness (QED) is 0.648. The second-order valence-electron chi connectivity index (χ2n) is 2.34. The second kappa shape index (κ2) is 3.75. The van der Waals surface area contributed by atoms with Crippen molar-refractivity contribution in [2.45, 2.75) is 13.5 Å². The Hall–Kier alpha value is -1.52. The van der Waals surface area contributed by atoms with E-state index < -0.39 is 0 Å². The number of nitrogen functional groups attached to an aromatic ring is 1. The SMILES string of the molecule is CC(=O)OCCn1ccc(N)n1. The second-order valence-corrected chi connectivity index (χ2v) is 2.34. The van der Waals surface area contributed by atoms with Crippen LogP contribution in [0.25, 0.3) is 0 Å². The van der Waals surface area contributed by atoms with E-state index in [1.165, 1.54) is 6.92 Å². The Labute approximate surface area is 70.1 Å². The molecule has 0 aliphatic heterocycles. The first-order chi connectivity index (χ1) is 5.68. The van der Waals surface area contributed by atoms with Gasteiger partial charge in [0, 0.05) is 13.1 Å². The predicted octanol–water partition coefficient (Wildman–Crippen LogP) is 0.0284. The maximum absolute atomic E-state index is 10.4. The fourth-order valence-corrected chi connectivity index (χ4v) is 0.785. The van der Waals surface area contributed by atoms with Gasteiger partial charge in [-0.15, -0.1) is 0 Å². The lowest BCUT2D eigenvalue weighted by molar-refractivity contribution is -0.141. The van der Waals surface area contributed by atoms with Gasteiger partial charge in [0.2, 0.25) is 0 Å². The number of ether oxygens (including phenoxy) is 1. The smallest absolute Gasteiger partial charge is 0.302 e. The van der Waals surface area contributed by atoms with E-state index in [0.717, 1.165) is 0 Å². The number of nitrogens with two attached hydrogens (primary N) is 1. The molecule has 1 rings (SSSR count). The highest BCUT2D eigenvalue weighted by Crippen LogP contribution is 1.95. The van der Waals surface area contributed by atoms with Crippen LogP contribution in [-0.4, -0.2) is 22.4 Å². The van der Waals surface area contributed by atoms with E-state index >= 15 is 0 Å². The summed E-state index contributed by atoms with van der Waals surface area (Å²) in [6, 6.07) is 1.69. The van der Waals surface area contributed by atoms with E-state index in [4.69, 9.17) is 10.5 Å². The van der Waals surface area contributed by atoms with Crippen LogP contribution in [0.3, 0.4) is 0 Å². The molecule has 0 spiro atoms. The molecule has 0 bridgehead atoms. The van der Waals surface area contributed by atoms with Crippen molar-refractivity contribution in [1.82, 2.24) is 9.78 Å². The van der Waals surface area contributed by atoms with Crippen molar-refractivity contribution in [3.05, 3.63) is 12.3 Å². The minimum absolute atomic E-state index is 0.282. The lowest BCUT2D eigenvalue weighted by Gasteiger charge is -2.00. The Morgan fingerprint density at radius 2 is 2.58 bits per heavy atom. The van der Waals surface area contributed by atoms with Crippen LogP contribution in [0.4, 0.5) is 5.82 Å². The topological polar surface area (TPSA) is 70.1 Å². The summed E-state index contributed by atoms with van der Waals surface area (Å²) < 4.78 is 6.34. The van der Waals surface area contributed by atoms with Gasteiger partial charge in [0.25, 0.3) is 0 Å². The van der Waals surface area contributed by atoms with Gasteiger partial charge in [-0.1, -0.05) is 0 Å². The Kier molecular flexibility index (Phi) is 2.68. The monoisotopic (exact) mass is 169 g/mol. The zero-order valence-electron chi connectivity index (χ0n) is 6.86. The van der Waals surface area contributed by atoms with E-state index in [2.05, 4.69) is 5.10 Å². The van der Waals surface area contributed by atoms with Gasteiger partial charge < -0.3 is 10.5 Å². The molecule has 12 heavy (non-hydrogen) atoms. The molecule has 0 fully saturated rings. The van der Waals surface area contributed by atoms with E-state index in [-0.39, 0.29) is 5.97 Å². The summed E-state index contributed by atoms with van der Waals surface area (Å²) in [6.07, 6.45) is 1.73. The summed E-state index contributed by atoms with van der Waals surface area (Å²) >= 11 is 0. The van der Waals surface area contributed by atoms with Crippen molar-refractivity contribution in [2.75, 3.05) is 12.3 Å². The maximum atomic E-state index is 10.4. The molecule has 0 aromatic carbocycles. The molecule has 5 nitrogen and oxygen atoms in total. The molecular formula is C7H11N3O2. The Morgan fingerprint density at radius 3 is 3.08 bits per heavy atom. The molecule has 1 aromatic heterocycles. The molecule has 1 aromatic rings. The van der Waals surface area contributed by atoms with Crippen LogP contribution in [-0.2, 0) is 16.1 Å². The standard InChI is InChI=1S/C7H11N3O2/c1-6(11)12-5-4-10-3-2-7(8)9-10/h2-3H,4-5H2,1H3,(H2,8,9). The van der Waals surface area contributed by atoms with Crippen molar-refractivity contribution in [2.24, 2.45) is 0 Å². The third kappa shape index (κ3) is 2.61. The highest BCUT2D eigenvalue weighted by molar-refractivity contribution is 5.65. The first-order valence-electron chi connectivity index (χ1n) is 3.61. The minimum atomic E-state index is -0.282. The summed E-state index contributed by atoms with van der Waals surface area (Å²) in [5, 5.41) is 3.91. The van der Waals surface area contributed by atoms with Crippen LogP contribution >= 0.6 is 0 Å². The lowest BCUT2D eigenvalue weighted by Crippen LogP contribution is -2.09. The summed E-state index contributed by atoms with van der Waals surface area (Å²) in [7, 11) is 0. The van der Waals surface area contributed by atoms with E-state index in [1.54, 1.807) is 16.9 Å². The third-order valence-electron chi connectivity index (χ3n) is 1.29. The van der Waals surface area contributed by atoms with E-state index in [0.29, 0.717) is 19.0 Å². The zero-order chi connectivity index (χ0) is 8.97. The molecule has 0 amide bonds. The molecule has 2 N–H and O–H groups in total. The predicted molar refractivity (Wildman–Crippen MR) is 43.3 cm³/mol. The number of esters is 1. The number of hydrogen-bond acceptors (Lipinski definition) is 4. The van der Waals surface area contributed by atoms with Crippen molar-refractivity contribution in [3.63, 3.8) is 0 Å². The molecule has 5 heteroatoms. The maximum Gasteiger partial charge on any atom is 0.302 e. The highest BCUT2D eigenvalue weighted by atomic mass is 16.5. The van der Waals surface area contributed by atoms with Gasteiger partial charge in [-0.05, 0) is 6.07 Å². The Balaban J connectivity index is 2.29. The number of carbonyl (C=O) groups is 1. The van der Waals surface area contributed by atoms with Crippen molar-refractivity contribution < 1.29 is 9.53 Å². The van der Waals surface area contributed by atoms with Crippen LogP contribution in [0.1, 0.15) is 6.92 Å². The molecule has 0 radical (unpaired) electrons. The van der Waals surface area contributed by atoms with Crippen LogP contribution in [0.15, 0.2) is 12.3 Å². The van der Waals surface area contributed by atoms with Crippen LogP contribution in [0.5, 0.6) is 0 Å². The van der Waals surface area contributed by atoms with Gasteiger partial charge in [-0.25, -0.2) is 0 Å². The summed E-state index contributed by atoms with van der Waals surface area (Å²) in [6.45, 7) is 2.24. The van der Waals surface area contributed by atoms with Gasteiger partial charge >= 0.3 is 5.97 Å². The first kappa shape index (κ1) is 8.58. The molecule has 0 saturated carbocycles. The average molecular weight is 169 g/mol. The number of hydrogen-bond donors (Lipinski definition) is 1. The molecular weight excluding hydrogens is 158 g/mol. The van der Waals surface area contributed by atoms with E-state index in [1.807, 2.05) is 0 Å². The molecule has 0 aliphatic rings. The molecule has 66 valence electrons. The van der Waals surface area contributed by atoms with Crippen molar-refractivity contribution in [3.8, 4) is 0 Å². The first-order valence-corrected chi connectivity index (χ1v) is 3.61. The molecule has 0 aliphatic carbocycles. The van der Waals surface area contributed by atoms with Crippen LogP contribution in [0.2, 0.25) is 0 Å². The molecule has 1 heterocycles. The Bertz CT molecular complexity index is 269. The number of anilines is 1. The highest BCUT2D eigenvalue weighted by Gasteiger charge is 1.95. The van der Waals surface area contributed by atoms with E-state index in [9.17, 15) is 4.79 Å². The summed E-state index contributed by atoms with van der Waals surface area (Å²) in [4.78, 5) is 10.4. The van der Waals surface area contributed by atoms with Crippen LogP contribution < -0.4 is 5.73 Å². The number of nitrogens with zero attached hydrogens (tertiary/aromatic N) is 2. The fraction of sp³-hybridized carbons (Fsp3) is 0.429. The molecule has 0 unspecified atom stereocenters. The van der Waals surface area contributed by atoms with Gasteiger partial charge in [0.15, 0.2) is 0 Å². The summed E-state index contributed by atoms with van der Waals surface area (Å²) in [5.41, 5.74) is 5.37. The van der Waals surface area contributed by atoms with Gasteiger partial charge in [0.1, 0.15) is 12.4 Å². The largest absolute Gasteiger partial charge is 0.464 e. The van der Waals surface area contributed by atoms with Crippen molar-refractivity contribution in [1.29, 1.82) is 0 Å². The van der Waals surface area contributed by atoms with Gasteiger partial charge in [-0.3, -0.25) is 9.48 Å². The summed E-state index contributed by atoms with van der Waals surface area (Å²) in [5.74, 6) is 0.188. The van der Waals surface area contributed by atoms with Crippen molar-refractivity contribution >= 4 is 11.8 Å². The Morgan fingerprint density at radius 1 is 1.83 bits per heavy atom. The third-order valence-corrected chi connectivity index (χ3v) is 1.29. The average Bonchev–Trinajstić information content (AvgIpc) is 2.35. The number of aromatic nitrogens is 2. The van der Waals surface area contributed by atoms with Gasteiger partial charge in [-0.2, -0.15) is 5.10 Å². The zero-order valence-corrected chi connectivity index (χ0v) is 6.86. The van der Waals surface area contributed by atoms with Gasteiger partial charge in [0.05, 0.1) is 6.54 Å². The number of rotatable bonds is 3. The fourth-order valence-electron chi connectivity index (χ4n) is 0.785. The van der Waals surface area contributed by atoms with Crippen LogP contribution in [0, 0.1) is 0 Å².